The Morgan fingerprint density at radius 3 is 2.62 bits per heavy atom. The van der Waals surface area contributed by atoms with Crippen LogP contribution < -0.4 is 0 Å². The van der Waals surface area contributed by atoms with Crippen molar-refractivity contribution in [2.75, 3.05) is 31.9 Å². The Morgan fingerprint density at radius 1 is 1.21 bits per heavy atom. The number of hydrogen-bond donors (Lipinski definition) is 0. The maximum absolute atomic E-state index is 12.2. The molecule has 3 rings (SSSR count). The molecule has 0 aromatic carbocycles. The first-order valence-corrected chi connectivity index (χ1v) is 10.4. The lowest BCUT2D eigenvalue weighted by molar-refractivity contribution is 0.144. The minimum Gasteiger partial charge on any atom is -0.299 e. The third kappa shape index (κ3) is 4.23. The normalized spacial score (nSPS) is 24.2. The lowest BCUT2D eigenvalue weighted by Gasteiger charge is -2.34. The quantitative estimate of drug-likeness (QED) is 0.738. The van der Waals surface area contributed by atoms with Crippen molar-refractivity contribution in [3.63, 3.8) is 0 Å². The van der Waals surface area contributed by atoms with E-state index < -0.39 is 10.0 Å². The highest BCUT2D eigenvalue weighted by molar-refractivity contribution is 7.89. The van der Waals surface area contributed by atoms with E-state index in [0.717, 1.165) is 26.1 Å². The van der Waals surface area contributed by atoms with Gasteiger partial charge in [-0.3, -0.25) is 9.88 Å². The zero-order chi connectivity index (χ0) is 17.0. The van der Waals surface area contributed by atoms with Crippen molar-refractivity contribution in [3.05, 3.63) is 42.7 Å². The molecule has 2 aliphatic heterocycles. The predicted molar refractivity (Wildman–Crippen MR) is 95.9 cm³/mol. The van der Waals surface area contributed by atoms with Crippen LogP contribution in [0.2, 0.25) is 0 Å². The topological polar surface area (TPSA) is 53.5 Å². The number of piperidine rings is 1. The Kier molecular flexibility index (Phi) is 5.69. The van der Waals surface area contributed by atoms with Crippen molar-refractivity contribution in [2.24, 2.45) is 11.8 Å². The van der Waals surface area contributed by atoms with Gasteiger partial charge in [0, 0.05) is 32.0 Å². The molecule has 0 bridgehead atoms. The smallest absolute Gasteiger partial charge is 0.217 e. The standard InChI is InChI=1S/C18H27N3O2S/c1-2-12-24(22,23)21-11-7-18(15-21)17-5-9-20(10-6-17)14-16-4-3-8-19-13-16/h2-4,8,13,17-18H,1,5-7,9-12,14-15H2/t18-/m1/s1. The van der Waals surface area contributed by atoms with Gasteiger partial charge in [-0.25, -0.2) is 12.7 Å². The van der Waals surface area contributed by atoms with Crippen molar-refractivity contribution in [1.82, 2.24) is 14.2 Å². The van der Waals surface area contributed by atoms with Crippen molar-refractivity contribution >= 4 is 10.0 Å². The van der Waals surface area contributed by atoms with Gasteiger partial charge in [-0.15, -0.1) is 6.58 Å². The summed E-state index contributed by atoms with van der Waals surface area (Å²) in [7, 11) is -3.14. The molecule has 3 heterocycles. The van der Waals surface area contributed by atoms with Gasteiger partial charge in [0.15, 0.2) is 0 Å². The number of nitrogens with zero attached hydrogens (tertiary/aromatic N) is 3. The van der Waals surface area contributed by atoms with Gasteiger partial charge in [0.1, 0.15) is 0 Å². The van der Waals surface area contributed by atoms with E-state index in [0.29, 0.717) is 24.9 Å². The van der Waals surface area contributed by atoms with Gasteiger partial charge < -0.3 is 0 Å². The maximum atomic E-state index is 12.2. The van der Waals surface area contributed by atoms with Crippen LogP contribution in [0.3, 0.4) is 0 Å². The molecular formula is C18H27N3O2S. The molecular weight excluding hydrogens is 322 g/mol. The number of hydrogen-bond acceptors (Lipinski definition) is 4. The minimum atomic E-state index is -3.14. The maximum Gasteiger partial charge on any atom is 0.217 e. The molecule has 0 saturated carbocycles. The molecule has 1 aromatic heterocycles. The fraction of sp³-hybridized carbons (Fsp3) is 0.611. The summed E-state index contributed by atoms with van der Waals surface area (Å²) in [6, 6.07) is 4.11. The molecule has 132 valence electrons. The first-order valence-electron chi connectivity index (χ1n) is 8.78. The van der Waals surface area contributed by atoms with Crippen molar-refractivity contribution in [2.45, 2.75) is 25.8 Å². The van der Waals surface area contributed by atoms with Crippen LogP contribution in [0.4, 0.5) is 0 Å². The van der Waals surface area contributed by atoms with Gasteiger partial charge in [-0.2, -0.15) is 0 Å². The molecule has 0 spiro atoms. The second-order valence-electron chi connectivity index (χ2n) is 6.95. The monoisotopic (exact) mass is 349 g/mol. The fourth-order valence-electron chi connectivity index (χ4n) is 3.98. The minimum absolute atomic E-state index is 0.0588. The van der Waals surface area contributed by atoms with E-state index in [1.165, 1.54) is 24.5 Å². The van der Waals surface area contributed by atoms with E-state index >= 15 is 0 Å². The highest BCUT2D eigenvalue weighted by Crippen LogP contribution is 2.33. The van der Waals surface area contributed by atoms with Crippen molar-refractivity contribution < 1.29 is 8.42 Å². The number of aromatic nitrogens is 1. The summed E-state index contributed by atoms with van der Waals surface area (Å²) in [4.78, 5) is 6.66. The van der Waals surface area contributed by atoms with E-state index in [1.54, 1.807) is 4.31 Å². The molecule has 1 atom stereocenters. The summed E-state index contributed by atoms with van der Waals surface area (Å²) >= 11 is 0. The highest BCUT2D eigenvalue weighted by atomic mass is 32.2. The first kappa shape index (κ1) is 17.6. The van der Waals surface area contributed by atoms with Crippen LogP contribution in [-0.2, 0) is 16.6 Å². The summed E-state index contributed by atoms with van der Waals surface area (Å²) in [5.41, 5.74) is 1.26. The summed E-state index contributed by atoms with van der Waals surface area (Å²) in [5, 5.41) is 0. The molecule has 0 unspecified atom stereocenters. The summed E-state index contributed by atoms with van der Waals surface area (Å²) in [5.74, 6) is 1.23. The predicted octanol–water partition coefficient (Wildman–Crippen LogP) is 2.13. The van der Waals surface area contributed by atoms with Gasteiger partial charge in [0.25, 0.3) is 0 Å². The lowest BCUT2D eigenvalue weighted by Crippen LogP contribution is -2.37. The number of sulfonamides is 1. The summed E-state index contributed by atoms with van der Waals surface area (Å²) in [6.07, 6.45) is 8.57. The van der Waals surface area contributed by atoms with Gasteiger partial charge >= 0.3 is 0 Å². The van der Waals surface area contributed by atoms with E-state index in [2.05, 4.69) is 22.5 Å². The largest absolute Gasteiger partial charge is 0.299 e. The third-order valence-corrected chi connectivity index (χ3v) is 7.11. The van der Waals surface area contributed by atoms with Crippen molar-refractivity contribution in [3.8, 4) is 0 Å². The van der Waals surface area contributed by atoms with Gasteiger partial charge in [-0.05, 0) is 55.8 Å². The number of rotatable bonds is 6. The van der Waals surface area contributed by atoms with Crippen molar-refractivity contribution in [1.29, 1.82) is 0 Å². The summed E-state index contributed by atoms with van der Waals surface area (Å²) in [6.45, 7) is 8.08. The fourth-order valence-corrected chi connectivity index (χ4v) is 5.29. The van der Waals surface area contributed by atoms with Crippen LogP contribution in [0.15, 0.2) is 37.2 Å². The van der Waals surface area contributed by atoms with Crippen LogP contribution in [0, 0.1) is 11.8 Å². The molecule has 0 amide bonds. The van der Waals surface area contributed by atoms with E-state index in [4.69, 9.17) is 0 Å². The van der Waals surface area contributed by atoms with Gasteiger partial charge in [-0.1, -0.05) is 12.1 Å². The van der Waals surface area contributed by atoms with E-state index in [1.807, 2.05) is 18.5 Å². The third-order valence-electron chi connectivity index (χ3n) is 5.34. The second-order valence-corrected chi connectivity index (χ2v) is 8.96. The molecule has 24 heavy (non-hydrogen) atoms. The SMILES string of the molecule is C=CCS(=O)(=O)N1CC[C@@H](C2CCN(Cc3cccnc3)CC2)C1. The Balaban J connectivity index is 1.48. The molecule has 6 heteroatoms. The number of likely N-dealkylation sites (tertiary alicyclic amines) is 1. The van der Waals surface area contributed by atoms with E-state index in [9.17, 15) is 8.42 Å². The molecule has 5 nitrogen and oxygen atoms in total. The molecule has 0 radical (unpaired) electrons. The summed E-state index contributed by atoms with van der Waals surface area (Å²) < 4.78 is 26.0. The first-order chi connectivity index (χ1) is 11.6. The van der Waals surface area contributed by atoms with Gasteiger partial charge in [0.2, 0.25) is 10.0 Å². The second kappa shape index (κ2) is 7.76. The zero-order valence-corrected chi connectivity index (χ0v) is 15.0. The van der Waals surface area contributed by atoms with Crippen LogP contribution in [0.25, 0.3) is 0 Å². The Labute approximate surface area is 145 Å². The molecule has 2 saturated heterocycles. The average molecular weight is 350 g/mol. The Hall–Kier alpha value is -1.24. The Morgan fingerprint density at radius 2 is 1.96 bits per heavy atom. The van der Waals surface area contributed by atoms with Gasteiger partial charge in [0.05, 0.1) is 5.75 Å². The zero-order valence-electron chi connectivity index (χ0n) is 14.2. The van der Waals surface area contributed by atoms with E-state index in [-0.39, 0.29) is 5.75 Å². The molecule has 0 N–H and O–H groups in total. The lowest BCUT2D eigenvalue weighted by atomic mass is 9.84. The van der Waals surface area contributed by atoms with Crippen LogP contribution >= 0.6 is 0 Å². The average Bonchev–Trinajstić information content (AvgIpc) is 3.07. The Bertz CT molecular complexity index is 639. The molecule has 0 aliphatic carbocycles. The number of pyridine rings is 1. The molecule has 1 aromatic rings. The highest BCUT2D eigenvalue weighted by Gasteiger charge is 2.35. The molecule has 2 aliphatic rings. The van der Waals surface area contributed by atoms with Crippen LogP contribution in [0.1, 0.15) is 24.8 Å². The molecule has 2 fully saturated rings. The van der Waals surface area contributed by atoms with Crippen LogP contribution in [-0.4, -0.2) is 54.5 Å². The van der Waals surface area contributed by atoms with Crippen LogP contribution in [0.5, 0.6) is 0 Å².